The number of alkyl halides is 1. The van der Waals surface area contributed by atoms with Crippen molar-refractivity contribution in [2.45, 2.75) is 25.1 Å². The highest BCUT2D eigenvalue weighted by molar-refractivity contribution is 7.17. The van der Waals surface area contributed by atoms with E-state index < -0.39 is 0 Å². The van der Waals surface area contributed by atoms with Gasteiger partial charge >= 0.3 is 0 Å². The van der Waals surface area contributed by atoms with Crippen LogP contribution in [-0.2, 0) is 0 Å². The van der Waals surface area contributed by atoms with Crippen molar-refractivity contribution in [1.29, 1.82) is 0 Å². The molecule has 0 aliphatic carbocycles. The summed E-state index contributed by atoms with van der Waals surface area (Å²) < 4.78 is 1.29. The lowest BCUT2D eigenvalue weighted by molar-refractivity contribution is 0.724. The monoisotopic (exact) mass is 225 g/mol. The van der Waals surface area contributed by atoms with Crippen LogP contribution in [0, 0.1) is 0 Å². The van der Waals surface area contributed by atoms with Crippen LogP contribution in [0.3, 0.4) is 0 Å². The molecule has 0 radical (unpaired) electrons. The van der Waals surface area contributed by atoms with Crippen LogP contribution in [0.5, 0.6) is 0 Å². The summed E-state index contributed by atoms with van der Waals surface area (Å²) in [6.45, 7) is 4.14. The highest BCUT2D eigenvalue weighted by Gasteiger charge is 2.15. The van der Waals surface area contributed by atoms with Crippen molar-refractivity contribution in [2.75, 3.05) is 0 Å². The van der Waals surface area contributed by atoms with Gasteiger partial charge in [0.15, 0.2) is 0 Å². The Morgan fingerprint density at radius 1 is 1.36 bits per heavy atom. The minimum atomic E-state index is 0.119. The highest BCUT2D eigenvalue weighted by Crippen LogP contribution is 2.30. The normalized spacial score (nSPS) is 15.6. The molecule has 2 atom stereocenters. The minimum absolute atomic E-state index is 0.119. The van der Waals surface area contributed by atoms with Crippen LogP contribution in [0.1, 0.15) is 25.5 Å². The largest absolute Gasteiger partial charge is 0.260 e. The molecule has 2 aromatic heterocycles. The molecule has 1 nitrogen and oxygen atoms in total. The molecule has 0 spiro atoms. The first kappa shape index (κ1) is 9.94. The van der Waals surface area contributed by atoms with E-state index in [0.717, 1.165) is 5.69 Å². The zero-order valence-corrected chi connectivity index (χ0v) is 9.77. The van der Waals surface area contributed by atoms with Gasteiger partial charge in [-0.15, -0.1) is 22.9 Å². The predicted molar refractivity (Wildman–Crippen MR) is 63.4 cm³/mol. The van der Waals surface area contributed by atoms with Gasteiger partial charge in [-0.05, 0) is 24.4 Å². The molecule has 2 heterocycles. The van der Waals surface area contributed by atoms with E-state index in [1.54, 1.807) is 11.3 Å². The van der Waals surface area contributed by atoms with Crippen LogP contribution in [-0.4, -0.2) is 10.4 Å². The van der Waals surface area contributed by atoms with Gasteiger partial charge in [-0.1, -0.05) is 6.92 Å². The lowest BCUT2D eigenvalue weighted by Crippen LogP contribution is -2.07. The van der Waals surface area contributed by atoms with Crippen LogP contribution in [0.2, 0.25) is 0 Å². The standard InChI is InChI=1S/C11H12ClNS/c1-7(8(2)12)11-9-4-6-14-10(9)3-5-13-11/h3-8H,1-2H3. The number of hydrogen-bond donors (Lipinski definition) is 0. The molecule has 3 heteroatoms. The molecule has 0 aliphatic heterocycles. The Balaban J connectivity index is 2.56. The number of halogens is 1. The topological polar surface area (TPSA) is 12.9 Å². The number of fused-ring (bicyclic) bond motifs is 1. The molecular weight excluding hydrogens is 214 g/mol. The molecule has 0 aromatic carbocycles. The van der Waals surface area contributed by atoms with Crippen molar-refractivity contribution in [2.24, 2.45) is 0 Å². The first-order chi connectivity index (χ1) is 6.70. The predicted octanol–water partition coefficient (Wildman–Crippen LogP) is 4.03. The second kappa shape index (κ2) is 3.87. The van der Waals surface area contributed by atoms with Gasteiger partial charge in [0.2, 0.25) is 0 Å². The summed E-state index contributed by atoms with van der Waals surface area (Å²) in [7, 11) is 0. The first-order valence-corrected chi connectivity index (χ1v) is 5.98. The Bertz CT molecular complexity index is 436. The molecule has 0 saturated heterocycles. The van der Waals surface area contributed by atoms with Crippen molar-refractivity contribution >= 4 is 33.0 Å². The first-order valence-electron chi connectivity index (χ1n) is 4.66. The van der Waals surface area contributed by atoms with Crippen LogP contribution >= 0.6 is 22.9 Å². The number of pyridine rings is 1. The lowest BCUT2D eigenvalue weighted by Gasteiger charge is -2.13. The van der Waals surface area contributed by atoms with Crippen LogP contribution in [0.4, 0.5) is 0 Å². The van der Waals surface area contributed by atoms with Gasteiger partial charge < -0.3 is 0 Å². The maximum atomic E-state index is 6.09. The third kappa shape index (κ3) is 1.64. The van der Waals surface area contributed by atoms with Crippen LogP contribution in [0.25, 0.3) is 10.1 Å². The molecule has 14 heavy (non-hydrogen) atoms. The summed E-state index contributed by atoms with van der Waals surface area (Å²) in [5, 5.41) is 3.46. The summed E-state index contributed by atoms with van der Waals surface area (Å²) in [6, 6.07) is 4.17. The van der Waals surface area contributed by atoms with Crippen molar-refractivity contribution in [1.82, 2.24) is 4.98 Å². The second-order valence-electron chi connectivity index (χ2n) is 3.49. The smallest absolute Gasteiger partial charge is 0.0533 e. The van der Waals surface area contributed by atoms with Crippen LogP contribution < -0.4 is 0 Å². The maximum Gasteiger partial charge on any atom is 0.0533 e. The Morgan fingerprint density at radius 2 is 2.14 bits per heavy atom. The molecule has 0 amide bonds. The Hall–Kier alpha value is -0.600. The quantitative estimate of drug-likeness (QED) is 0.704. The summed E-state index contributed by atoms with van der Waals surface area (Å²) >= 11 is 7.84. The fraction of sp³-hybridized carbons (Fsp3) is 0.364. The Labute approximate surface area is 92.7 Å². The van der Waals surface area contributed by atoms with Gasteiger partial charge in [0.05, 0.1) is 5.69 Å². The van der Waals surface area contributed by atoms with E-state index in [4.69, 9.17) is 11.6 Å². The van der Waals surface area contributed by atoms with E-state index in [1.165, 1.54) is 10.1 Å². The molecular formula is C11H12ClNS. The molecule has 2 unspecified atom stereocenters. The van der Waals surface area contributed by atoms with Gasteiger partial charge in [-0.25, -0.2) is 0 Å². The summed E-state index contributed by atoms with van der Waals surface area (Å²) in [6.07, 6.45) is 1.87. The van der Waals surface area contributed by atoms with Gasteiger partial charge in [0.1, 0.15) is 0 Å². The average molecular weight is 226 g/mol. The van der Waals surface area contributed by atoms with Gasteiger partial charge in [-0.3, -0.25) is 4.98 Å². The van der Waals surface area contributed by atoms with Gasteiger partial charge in [0, 0.05) is 27.6 Å². The molecule has 2 rings (SSSR count). The molecule has 2 aromatic rings. The highest BCUT2D eigenvalue weighted by atomic mass is 35.5. The summed E-state index contributed by atoms with van der Waals surface area (Å²) in [5.74, 6) is 0.301. The third-order valence-corrected chi connectivity index (χ3v) is 3.79. The number of nitrogens with zero attached hydrogens (tertiary/aromatic N) is 1. The van der Waals surface area contributed by atoms with Crippen molar-refractivity contribution < 1.29 is 0 Å². The van der Waals surface area contributed by atoms with Gasteiger partial charge in [0.25, 0.3) is 0 Å². The van der Waals surface area contributed by atoms with E-state index in [-0.39, 0.29) is 5.38 Å². The molecule has 74 valence electrons. The zero-order chi connectivity index (χ0) is 10.1. The fourth-order valence-electron chi connectivity index (χ4n) is 1.50. The Kier molecular flexibility index (Phi) is 2.75. The molecule has 0 bridgehead atoms. The average Bonchev–Trinajstić information content (AvgIpc) is 2.63. The van der Waals surface area contributed by atoms with Crippen molar-refractivity contribution in [3.05, 3.63) is 29.4 Å². The van der Waals surface area contributed by atoms with Crippen LogP contribution in [0.15, 0.2) is 23.7 Å². The number of thiophene rings is 1. The van der Waals surface area contributed by atoms with E-state index in [2.05, 4.69) is 29.4 Å². The summed E-state index contributed by atoms with van der Waals surface area (Å²) in [5.41, 5.74) is 1.12. The lowest BCUT2D eigenvalue weighted by atomic mass is 10.0. The van der Waals surface area contributed by atoms with E-state index >= 15 is 0 Å². The molecule has 0 aliphatic rings. The maximum absolute atomic E-state index is 6.09. The molecule has 0 saturated carbocycles. The van der Waals surface area contributed by atoms with E-state index in [0.29, 0.717) is 5.92 Å². The Morgan fingerprint density at radius 3 is 2.86 bits per heavy atom. The SMILES string of the molecule is CC(Cl)C(C)c1nccc2sccc12. The second-order valence-corrected chi connectivity index (χ2v) is 5.13. The summed E-state index contributed by atoms with van der Waals surface area (Å²) in [4.78, 5) is 4.42. The number of hydrogen-bond acceptors (Lipinski definition) is 2. The number of aromatic nitrogens is 1. The number of rotatable bonds is 2. The van der Waals surface area contributed by atoms with E-state index in [9.17, 15) is 0 Å². The zero-order valence-electron chi connectivity index (χ0n) is 8.20. The third-order valence-electron chi connectivity index (χ3n) is 2.53. The minimum Gasteiger partial charge on any atom is -0.260 e. The molecule has 0 N–H and O–H groups in total. The van der Waals surface area contributed by atoms with Crippen molar-refractivity contribution in [3.63, 3.8) is 0 Å². The van der Waals surface area contributed by atoms with E-state index in [1.807, 2.05) is 13.1 Å². The fourth-order valence-corrected chi connectivity index (χ4v) is 2.41. The van der Waals surface area contributed by atoms with Crippen molar-refractivity contribution in [3.8, 4) is 0 Å². The molecule has 0 fully saturated rings. The van der Waals surface area contributed by atoms with Gasteiger partial charge in [-0.2, -0.15) is 0 Å².